The molecule has 0 fully saturated rings. The second kappa shape index (κ2) is 7.30. The van der Waals surface area contributed by atoms with E-state index in [1.54, 1.807) is 18.2 Å². The van der Waals surface area contributed by atoms with Crippen molar-refractivity contribution in [2.24, 2.45) is 0 Å². The summed E-state index contributed by atoms with van der Waals surface area (Å²) in [6.45, 7) is 0.624. The number of aryl methyl sites for hydroxylation is 1. The molecule has 0 aliphatic rings. The Morgan fingerprint density at radius 1 is 1.12 bits per heavy atom. The minimum absolute atomic E-state index is 0.421. The number of para-hydroxylation sites is 2. The third kappa shape index (κ3) is 3.53. The first-order valence-electron chi connectivity index (χ1n) is 7.67. The highest BCUT2D eigenvalue weighted by atomic mass is 16.5. The van der Waals surface area contributed by atoms with Gasteiger partial charge in [-0.1, -0.05) is 36.4 Å². The number of hydrogen-bond acceptors (Lipinski definition) is 3. The third-order valence-electron chi connectivity index (χ3n) is 3.64. The van der Waals surface area contributed by atoms with Crippen LogP contribution in [0, 0.1) is 11.3 Å². The average molecular weight is 316 g/mol. The van der Waals surface area contributed by atoms with Gasteiger partial charge in [0.05, 0.1) is 12.5 Å². The van der Waals surface area contributed by atoms with Gasteiger partial charge in [-0.25, -0.2) is 4.79 Å². The summed E-state index contributed by atoms with van der Waals surface area (Å²) in [4.78, 5) is 11.9. The van der Waals surface area contributed by atoms with Gasteiger partial charge in [-0.3, -0.25) is 0 Å². The molecule has 0 saturated heterocycles. The fourth-order valence-electron chi connectivity index (χ4n) is 2.56. The van der Waals surface area contributed by atoms with E-state index in [4.69, 9.17) is 10.00 Å². The molecule has 24 heavy (non-hydrogen) atoms. The van der Waals surface area contributed by atoms with Crippen molar-refractivity contribution >= 4 is 22.9 Å². The zero-order valence-electron chi connectivity index (χ0n) is 13.1. The molecule has 4 nitrogen and oxygen atoms in total. The largest absolute Gasteiger partial charge is 0.423 e. The molecule has 0 atom stereocenters. The van der Waals surface area contributed by atoms with Gasteiger partial charge in [-0.05, 0) is 24.3 Å². The first-order chi connectivity index (χ1) is 11.8. The van der Waals surface area contributed by atoms with Crippen LogP contribution in [0.2, 0.25) is 0 Å². The van der Waals surface area contributed by atoms with E-state index in [9.17, 15) is 4.79 Å². The van der Waals surface area contributed by atoms with Crippen LogP contribution in [0.5, 0.6) is 5.75 Å². The zero-order valence-corrected chi connectivity index (χ0v) is 13.1. The number of benzene rings is 2. The number of rotatable bonds is 5. The quantitative estimate of drug-likeness (QED) is 0.403. The van der Waals surface area contributed by atoms with Crippen molar-refractivity contribution in [1.82, 2.24) is 4.57 Å². The monoisotopic (exact) mass is 316 g/mol. The molecule has 0 N–H and O–H groups in total. The van der Waals surface area contributed by atoms with E-state index >= 15 is 0 Å². The Labute approximate surface area is 140 Å². The maximum atomic E-state index is 11.9. The van der Waals surface area contributed by atoms with Crippen LogP contribution in [0.4, 0.5) is 0 Å². The Morgan fingerprint density at radius 2 is 1.88 bits per heavy atom. The lowest BCUT2D eigenvalue weighted by atomic mass is 10.1. The number of carbonyl (C=O) groups excluding carboxylic acids is 1. The Morgan fingerprint density at radius 3 is 2.67 bits per heavy atom. The molecule has 118 valence electrons. The molecule has 3 aromatic rings. The zero-order chi connectivity index (χ0) is 16.8. The summed E-state index contributed by atoms with van der Waals surface area (Å²) >= 11 is 0. The first kappa shape index (κ1) is 15.6. The smallest absolute Gasteiger partial charge is 0.336 e. The molecule has 4 heteroatoms. The van der Waals surface area contributed by atoms with Crippen molar-refractivity contribution in [3.63, 3.8) is 0 Å². The predicted octanol–water partition coefficient (Wildman–Crippen LogP) is 4.17. The predicted molar refractivity (Wildman–Crippen MR) is 93.3 cm³/mol. The molecule has 0 saturated carbocycles. The SMILES string of the molecule is N#CCCn1cc(/C=C/C(=O)Oc2ccccc2)c2ccccc21. The topological polar surface area (TPSA) is 55.0 Å². The lowest BCUT2D eigenvalue weighted by Gasteiger charge is -2.00. The molecule has 0 aliphatic carbocycles. The van der Waals surface area contributed by atoms with Crippen molar-refractivity contribution in [2.45, 2.75) is 13.0 Å². The normalized spacial score (nSPS) is 10.8. The van der Waals surface area contributed by atoms with Gasteiger partial charge in [-0.2, -0.15) is 5.26 Å². The van der Waals surface area contributed by atoms with Crippen LogP contribution >= 0.6 is 0 Å². The van der Waals surface area contributed by atoms with Crippen LogP contribution in [0.15, 0.2) is 66.9 Å². The molecule has 3 rings (SSSR count). The molecule has 0 bridgehead atoms. The lowest BCUT2D eigenvalue weighted by Crippen LogP contribution is -2.03. The van der Waals surface area contributed by atoms with E-state index < -0.39 is 5.97 Å². The Hall–Kier alpha value is -3.32. The maximum absolute atomic E-state index is 11.9. The molecule has 0 amide bonds. The number of aromatic nitrogens is 1. The number of ether oxygens (including phenoxy) is 1. The minimum atomic E-state index is -0.421. The summed E-state index contributed by atoms with van der Waals surface area (Å²) in [5.74, 6) is 0.0960. The van der Waals surface area contributed by atoms with Gasteiger partial charge >= 0.3 is 5.97 Å². The van der Waals surface area contributed by atoms with Gasteiger partial charge in [0.25, 0.3) is 0 Å². The average Bonchev–Trinajstić information content (AvgIpc) is 2.97. The summed E-state index contributed by atoms with van der Waals surface area (Å²) in [7, 11) is 0. The van der Waals surface area contributed by atoms with Crippen LogP contribution in [-0.2, 0) is 11.3 Å². The number of nitrogens with zero attached hydrogens (tertiary/aromatic N) is 2. The molecule has 2 aromatic carbocycles. The fraction of sp³-hybridized carbons (Fsp3) is 0.100. The van der Waals surface area contributed by atoms with E-state index in [0.29, 0.717) is 18.7 Å². The Kier molecular flexibility index (Phi) is 4.73. The van der Waals surface area contributed by atoms with Gasteiger partial charge in [-0.15, -0.1) is 0 Å². The van der Waals surface area contributed by atoms with E-state index in [2.05, 4.69) is 6.07 Å². The highest BCUT2D eigenvalue weighted by molar-refractivity contribution is 5.95. The van der Waals surface area contributed by atoms with Crippen LogP contribution < -0.4 is 4.74 Å². The molecule has 0 aliphatic heterocycles. The Balaban J connectivity index is 1.81. The van der Waals surface area contributed by atoms with E-state index in [-0.39, 0.29) is 0 Å². The maximum Gasteiger partial charge on any atom is 0.336 e. The molecule has 1 aromatic heterocycles. The molecular weight excluding hydrogens is 300 g/mol. The number of carbonyl (C=O) groups is 1. The summed E-state index contributed by atoms with van der Waals surface area (Å²) in [5, 5.41) is 9.83. The second-order valence-electron chi connectivity index (χ2n) is 5.27. The van der Waals surface area contributed by atoms with E-state index in [1.807, 2.05) is 53.2 Å². The van der Waals surface area contributed by atoms with Crippen LogP contribution in [0.3, 0.4) is 0 Å². The molecule has 1 heterocycles. The molecule has 0 radical (unpaired) electrons. The van der Waals surface area contributed by atoms with Gasteiger partial charge < -0.3 is 9.30 Å². The van der Waals surface area contributed by atoms with E-state index in [1.165, 1.54) is 6.08 Å². The number of fused-ring (bicyclic) bond motifs is 1. The fourth-order valence-corrected chi connectivity index (χ4v) is 2.56. The number of nitriles is 1. The summed E-state index contributed by atoms with van der Waals surface area (Å²) < 4.78 is 7.27. The van der Waals surface area contributed by atoms with Crippen molar-refractivity contribution in [2.75, 3.05) is 0 Å². The third-order valence-corrected chi connectivity index (χ3v) is 3.64. The van der Waals surface area contributed by atoms with Crippen molar-refractivity contribution in [3.05, 3.63) is 72.4 Å². The lowest BCUT2D eigenvalue weighted by molar-refractivity contribution is -0.128. The van der Waals surface area contributed by atoms with Gasteiger partial charge in [0.2, 0.25) is 0 Å². The molecule has 0 unspecified atom stereocenters. The summed E-state index contributed by atoms with van der Waals surface area (Å²) in [6, 6.07) is 19.0. The highest BCUT2D eigenvalue weighted by Crippen LogP contribution is 2.23. The van der Waals surface area contributed by atoms with Crippen LogP contribution in [0.1, 0.15) is 12.0 Å². The van der Waals surface area contributed by atoms with Gasteiger partial charge in [0.15, 0.2) is 0 Å². The van der Waals surface area contributed by atoms with Crippen molar-refractivity contribution in [1.29, 1.82) is 5.26 Å². The molecular formula is C20H16N2O2. The summed E-state index contributed by atoms with van der Waals surface area (Å²) in [6.07, 6.45) is 5.56. The van der Waals surface area contributed by atoms with Gasteiger partial charge in [0, 0.05) is 35.3 Å². The van der Waals surface area contributed by atoms with E-state index in [0.717, 1.165) is 16.5 Å². The van der Waals surface area contributed by atoms with Crippen LogP contribution in [-0.4, -0.2) is 10.5 Å². The summed E-state index contributed by atoms with van der Waals surface area (Å²) in [5.41, 5.74) is 1.97. The number of esters is 1. The van der Waals surface area contributed by atoms with Crippen LogP contribution in [0.25, 0.3) is 17.0 Å². The Bertz CT molecular complexity index is 918. The highest BCUT2D eigenvalue weighted by Gasteiger charge is 2.06. The minimum Gasteiger partial charge on any atom is -0.423 e. The first-order valence-corrected chi connectivity index (χ1v) is 7.67. The second-order valence-corrected chi connectivity index (χ2v) is 5.27. The molecule has 0 spiro atoms. The van der Waals surface area contributed by atoms with Gasteiger partial charge in [0.1, 0.15) is 5.75 Å². The van der Waals surface area contributed by atoms with Crippen molar-refractivity contribution in [3.8, 4) is 11.8 Å². The standard InChI is InChI=1S/C20H16N2O2/c21-13-6-14-22-15-16(18-9-4-5-10-19(18)22)11-12-20(23)24-17-7-2-1-3-8-17/h1-5,7-12,15H,6,14H2/b12-11+. The van der Waals surface area contributed by atoms with Crippen molar-refractivity contribution < 1.29 is 9.53 Å². The number of hydrogen-bond donors (Lipinski definition) is 0.